The molecule has 122 valence electrons. The van der Waals surface area contributed by atoms with Gasteiger partial charge in [0, 0.05) is 16.7 Å². The molecule has 0 bridgehead atoms. The fourth-order valence-electron chi connectivity index (χ4n) is 2.30. The predicted molar refractivity (Wildman–Crippen MR) is 96.8 cm³/mol. The van der Waals surface area contributed by atoms with Crippen LogP contribution < -0.4 is 10.1 Å². The van der Waals surface area contributed by atoms with Crippen LogP contribution in [0, 0.1) is 6.92 Å². The van der Waals surface area contributed by atoms with E-state index >= 15 is 0 Å². The van der Waals surface area contributed by atoms with E-state index in [4.69, 9.17) is 4.74 Å². The summed E-state index contributed by atoms with van der Waals surface area (Å²) >= 11 is 3.42. The molecule has 1 N–H and O–H groups in total. The molecular weight excluding hydrogens is 356 g/mol. The summed E-state index contributed by atoms with van der Waals surface area (Å²) in [5.41, 5.74) is 3.02. The van der Waals surface area contributed by atoms with Crippen molar-refractivity contribution in [3.8, 4) is 5.75 Å². The van der Waals surface area contributed by atoms with Crippen molar-refractivity contribution in [1.82, 2.24) is 4.90 Å². The summed E-state index contributed by atoms with van der Waals surface area (Å²) < 4.78 is 6.15. The standard InChI is InChI=1S/C18H21BrN2O2/c1-13-10-15(19)6-9-17(13)20-18(22)12-21(2)11-14-4-7-16(23-3)8-5-14/h4-10H,11-12H2,1-3H3,(H,20,22). The summed E-state index contributed by atoms with van der Waals surface area (Å²) in [6.07, 6.45) is 0. The van der Waals surface area contributed by atoms with Crippen LogP contribution in [0.3, 0.4) is 0 Å². The third-order valence-electron chi connectivity index (χ3n) is 3.49. The average Bonchev–Trinajstić information content (AvgIpc) is 2.50. The Morgan fingerprint density at radius 1 is 1.22 bits per heavy atom. The number of nitrogens with one attached hydrogen (secondary N) is 1. The maximum atomic E-state index is 12.2. The van der Waals surface area contributed by atoms with Crippen LogP contribution in [-0.4, -0.2) is 31.5 Å². The van der Waals surface area contributed by atoms with E-state index in [9.17, 15) is 4.79 Å². The van der Waals surface area contributed by atoms with E-state index in [2.05, 4.69) is 21.2 Å². The number of hydrogen-bond donors (Lipinski definition) is 1. The molecule has 0 saturated heterocycles. The molecule has 1 amide bonds. The molecule has 0 unspecified atom stereocenters. The van der Waals surface area contributed by atoms with Gasteiger partial charge in [-0.3, -0.25) is 9.69 Å². The molecule has 0 spiro atoms. The number of carbonyl (C=O) groups excluding carboxylic acids is 1. The normalized spacial score (nSPS) is 10.7. The highest BCUT2D eigenvalue weighted by atomic mass is 79.9. The minimum absolute atomic E-state index is 0.0218. The number of hydrogen-bond acceptors (Lipinski definition) is 3. The molecule has 2 aromatic rings. The first kappa shape index (κ1) is 17.5. The Morgan fingerprint density at radius 2 is 1.91 bits per heavy atom. The van der Waals surface area contributed by atoms with Gasteiger partial charge in [0.1, 0.15) is 5.75 Å². The lowest BCUT2D eigenvalue weighted by Crippen LogP contribution is -2.30. The number of methoxy groups -OCH3 is 1. The molecular formula is C18H21BrN2O2. The lowest BCUT2D eigenvalue weighted by atomic mass is 10.2. The third-order valence-corrected chi connectivity index (χ3v) is 3.98. The van der Waals surface area contributed by atoms with Crippen molar-refractivity contribution in [3.05, 3.63) is 58.1 Å². The fraction of sp³-hybridized carbons (Fsp3) is 0.278. The highest BCUT2D eigenvalue weighted by molar-refractivity contribution is 9.10. The largest absolute Gasteiger partial charge is 0.497 e. The van der Waals surface area contributed by atoms with Gasteiger partial charge < -0.3 is 10.1 Å². The minimum Gasteiger partial charge on any atom is -0.497 e. The summed E-state index contributed by atoms with van der Waals surface area (Å²) in [4.78, 5) is 14.1. The molecule has 0 aliphatic heterocycles. The number of halogens is 1. The summed E-state index contributed by atoms with van der Waals surface area (Å²) in [6, 6.07) is 13.7. The Labute approximate surface area is 145 Å². The number of carbonyl (C=O) groups is 1. The zero-order valence-corrected chi connectivity index (χ0v) is 15.2. The quantitative estimate of drug-likeness (QED) is 0.832. The first-order valence-corrected chi connectivity index (χ1v) is 8.14. The monoisotopic (exact) mass is 376 g/mol. The van der Waals surface area contributed by atoms with Gasteiger partial charge in [0.15, 0.2) is 0 Å². The van der Waals surface area contributed by atoms with Gasteiger partial charge >= 0.3 is 0 Å². The van der Waals surface area contributed by atoms with Crippen molar-refractivity contribution in [1.29, 1.82) is 0 Å². The number of anilines is 1. The summed E-state index contributed by atoms with van der Waals surface area (Å²) in [6.45, 7) is 3.01. The zero-order chi connectivity index (χ0) is 16.8. The SMILES string of the molecule is COc1ccc(CN(C)CC(=O)Nc2ccc(Br)cc2C)cc1. The fourth-order valence-corrected chi connectivity index (χ4v) is 2.78. The average molecular weight is 377 g/mol. The van der Waals surface area contributed by atoms with Crippen molar-refractivity contribution in [2.24, 2.45) is 0 Å². The minimum atomic E-state index is -0.0218. The van der Waals surface area contributed by atoms with Gasteiger partial charge in [-0.25, -0.2) is 0 Å². The number of nitrogens with zero attached hydrogens (tertiary/aromatic N) is 1. The van der Waals surface area contributed by atoms with E-state index in [1.54, 1.807) is 7.11 Å². The number of aryl methyl sites for hydroxylation is 1. The number of amides is 1. The lowest BCUT2D eigenvalue weighted by molar-refractivity contribution is -0.117. The van der Waals surface area contributed by atoms with Gasteiger partial charge in [0.25, 0.3) is 0 Å². The van der Waals surface area contributed by atoms with Crippen molar-refractivity contribution < 1.29 is 9.53 Å². The van der Waals surface area contributed by atoms with Crippen molar-refractivity contribution in [2.75, 3.05) is 26.0 Å². The van der Waals surface area contributed by atoms with E-state index in [1.165, 1.54) is 0 Å². The third kappa shape index (κ3) is 5.37. The van der Waals surface area contributed by atoms with E-state index in [0.29, 0.717) is 13.1 Å². The Kier molecular flexibility index (Phi) is 6.19. The number of benzene rings is 2. The first-order valence-electron chi connectivity index (χ1n) is 7.35. The zero-order valence-electron chi connectivity index (χ0n) is 13.6. The van der Waals surface area contributed by atoms with E-state index in [-0.39, 0.29) is 5.91 Å². The molecule has 0 radical (unpaired) electrons. The second-order valence-electron chi connectivity index (χ2n) is 5.53. The van der Waals surface area contributed by atoms with Gasteiger partial charge in [-0.05, 0) is 55.4 Å². The summed E-state index contributed by atoms with van der Waals surface area (Å²) in [7, 11) is 3.58. The van der Waals surface area contributed by atoms with Crippen LogP contribution in [0.2, 0.25) is 0 Å². The van der Waals surface area contributed by atoms with Crippen LogP contribution in [0.15, 0.2) is 46.9 Å². The van der Waals surface area contributed by atoms with Gasteiger partial charge in [-0.1, -0.05) is 28.1 Å². The Bertz CT molecular complexity index is 671. The Hall–Kier alpha value is -1.85. The molecule has 2 aromatic carbocycles. The summed E-state index contributed by atoms with van der Waals surface area (Å²) in [5, 5.41) is 2.95. The molecule has 0 aromatic heterocycles. The molecule has 0 fully saturated rings. The molecule has 0 aliphatic carbocycles. The molecule has 0 saturated carbocycles. The van der Waals surface area contributed by atoms with Gasteiger partial charge in [-0.15, -0.1) is 0 Å². The maximum Gasteiger partial charge on any atom is 0.238 e. The second kappa shape index (κ2) is 8.13. The molecule has 5 heteroatoms. The topological polar surface area (TPSA) is 41.6 Å². The Balaban J connectivity index is 1.88. The summed E-state index contributed by atoms with van der Waals surface area (Å²) in [5.74, 6) is 0.811. The molecule has 2 rings (SSSR count). The molecule has 0 atom stereocenters. The van der Waals surface area contributed by atoms with Crippen LogP contribution in [0.4, 0.5) is 5.69 Å². The molecule has 0 heterocycles. The maximum absolute atomic E-state index is 12.2. The smallest absolute Gasteiger partial charge is 0.238 e. The lowest BCUT2D eigenvalue weighted by Gasteiger charge is -2.17. The van der Waals surface area contributed by atoms with Crippen molar-refractivity contribution in [3.63, 3.8) is 0 Å². The molecule has 0 aliphatic rings. The highest BCUT2D eigenvalue weighted by Gasteiger charge is 2.09. The highest BCUT2D eigenvalue weighted by Crippen LogP contribution is 2.20. The second-order valence-corrected chi connectivity index (χ2v) is 6.44. The number of ether oxygens (including phenoxy) is 1. The van der Waals surface area contributed by atoms with E-state index < -0.39 is 0 Å². The van der Waals surface area contributed by atoms with Crippen LogP contribution in [0.25, 0.3) is 0 Å². The van der Waals surface area contributed by atoms with Gasteiger partial charge in [0.2, 0.25) is 5.91 Å². The number of rotatable bonds is 6. The molecule has 4 nitrogen and oxygen atoms in total. The Morgan fingerprint density at radius 3 is 2.52 bits per heavy atom. The van der Waals surface area contributed by atoms with E-state index in [1.807, 2.05) is 61.3 Å². The number of likely N-dealkylation sites (N-methyl/N-ethyl adjacent to an activating group) is 1. The van der Waals surface area contributed by atoms with Crippen LogP contribution in [-0.2, 0) is 11.3 Å². The van der Waals surface area contributed by atoms with Gasteiger partial charge in [-0.2, -0.15) is 0 Å². The van der Waals surface area contributed by atoms with Crippen LogP contribution in [0.5, 0.6) is 5.75 Å². The van der Waals surface area contributed by atoms with Crippen molar-refractivity contribution in [2.45, 2.75) is 13.5 Å². The van der Waals surface area contributed by atoms with Crippen molar-refractivity contribution >= 4 is 27.5 Å². The van der Waals surface area contributed by atoms with Crippen LogP contribution in [0.1, 0.15) is 11.1 Å². The molecule has 23 heavy (non-hydrogen) atoms. The van der Waals surface area contributed by atoms with Gasteiger partial charge in [0.05, 0.1) is 13.7 Å². The van der Waals surface area contributed by atoms with Crippen LogP contribution >= 0.6 is 15.9 Å². The first-order chi connectivity index (χ1) is 11.0. The predicted octanol–water partition coefficient (Wildman–Crippen LogP) is 3.84. The van der Waals surface area contributed by atoms with E-state index in [0.717, 1.165) is 27.0 Å².